The van der Waals surface area contributed by atoms with Crippen LogP contribution in [0.15, 0.2) is 225 Å². The molecule has 5 aliphatic heterocycles. The topological polar surface area (TPSA) is 109 Å². The standard InChI is InChI=1S/C19H20F3NO.C19H21N3O.C18H25N3O.C18H21NO.C14H13NO/c1-18(2,3)14-7-8-17-13(9-14)11-23(12-24-17)16-6-4-5-15(10-16)19(20,21)22;1-19(2,3)14-8-9-17-13(10-14)11-22(12-23-17)18-20-15-6-4-5-7-16(15)21-18;1-18(2,3)16-5-6-17-15(11-16)12-21(14-22-17)9-4-8-20-10-7-19-13-20;1-18(2,3)15-9-10-17-14(11-15)12-19(13-20-17)16-7-5-4-6-8-16;1-2-7-13(8-3-1)15-10-12-6-4-5-9-14(12)16-11-15/h4-10H,11-12H2,1-3H3;4-10H,11-12H2,1-3H3,(H,20,21);5-7,10-11,13H,4,8-9,12,14H2,1-3H3;4-11H,12-13H2,1-3H3;1-9H,10-11H2. The Hall–Kier alpha value is -10.4. The number of aromatic amines is 1. The molecular weight excluding hydrogens is 1320 g/mol. The van der Waals surface area contributed by atoms with Crippen LogP contribution < -0.4 is 43.3 Å². The van der Waals surface area contributed by atoms with E-state index in [9.17, 15) is 13.2 Å². The molecule has 5 aliphatic rings. The highest BCUT2D eigenvalue weighted by Gasteiger charge is 2.32. The molecule has 0 saturated carbocycles. The van der Waals surface area contributed by atoms with Crippen LogP contribution in [0.2, 0.25) is 0 Å². The Kier molecular flexibility index (Phi) is 22.6. The summed E-state index contributed by atoms with van der Waals surface area (Å²) in [4.78, 5) is 22.9. The summed E-state index contributed by atoms with van der Waals surface area (Å²) in [6, 6.07) is 68.2. The molecule has 17 heteroatoms. The lowest BCUT2D eigenvalue weighted by atomic mass is 9.86. The third-order valence-electron chi connectivity index (χ3n) is 19.3. The first kappa shape index (κ1) is 74.3. The first-order valence-corrected chi connectivity index (χ1v) is 36.3. The highest BCUT2D eigenvalue weighted by molar-refractivity contribution is 5.77. The SMILES string of the molecule is CC(C)(C)c1ccc2c(c1)CN(CCCn1ccnc1)CO2.CC(C)(C)c1ccc2c(c1)CN(c1cccc(C(F)(F)F)c1)CO2.CC(C)(C)c1ccc2c(c1)CN(c1ccccc1)CO2.CC(C)(C)c1ccc2c(c1)CN(c1nc3ccccc3[nH]1)CO2.c1ccc(N2COc3ccccc3C2)cc1. The number of halogens is 3. The van der Waals surface area contributed by atoms with Gasteiger partial charge in [0.2, 0.25) is 5.95 Å². The summed E-state index contributed by atoms with van der Waals surface area (Å²) >= 11 is 0. The quantitative estimate of drug-likeness (QED) is 0.156. The van der Waals surface area contributed by atoms with E-state index in [1.54, 1.807) is 6.07 Å². The van der Waals surface area contributed by atoms with Crippen LogP contribution in [0.1, 0.15) is 145 Å². The second-order valence-electron chi connectivity index (χ2n) is 31.6. The number of nitrogens with one attached hydrogen (secondary N) is 1. The van der Waals surface area contributed by atoms with Gasteiger partial charge in [0, 0.05) is 96.5 Å². The van der Waals surface area contributed by atoms with E-state index < -0.39 is 11.7 Å². The fraction of sp³-hybridized carbons (Fsp3) is 0.341. The molecule has 1 N–H and O–H groups in total. The molecule has 11 aromatic rings. The maximum Gasteiger partial charge on any atom is 0.416 e. The fourth-order valence-corrected chi connectivity index (χ4v) is 13.0. The maximum absolute atomic E-state index is 12.9. The van der Waals surface area contributed by atoms with Gasteiger partial charge in [-0.3, -0.25) is 4.90 Å². The molecular formula is C88H100F3N9O5. The van der Waals surface area contributed by atoms with Gasteiger partial charge in [0.15, 0.2) is 26.9 Å². The van der Waals surface area contributed by atoms with Crippen molar-refractivity contribution < 1.29 is 36.9 Å². The van der Waals surface area contributed by atoms with E-state index in [0.29, 0.717) is 39.2 Å². The Morgan fingerprint density at radius 3 is 1.26 bits per heavy atom. The summed E-state index contributed by atoms with van der Waals surface area (Å²) in [7, 11) is 0. The fourth-order valence-electron chi connectivity index (χ4n) is 13.0. The highest BCUT2D eigenvalue weighted by Crippen LogP contribution is 2.39. The van der Waals surface area contributed by atoms with Gasteiger partial charge in [-0.2, -0.15) is 13.2 Å². The average molecular weight is 1420 g/mol. The van der Waals surface area contributed by atoms with Crippen LogP contribution in [0.25, 0.3) is 11.0 Å². The smallest absolute Gasteiger partial charge is 0.416 e. The van der Waals surface area contributed by atoms with Crippen molar-refractivity contribution in [2.24, 2.45) is 0 Å². The van der Waals surface area contributed by atoms with Gasteiger partial charge >= 0.3 is 6.18 Å². The minimum absolute atomic E-state index is 0.00745. The molecule has 0 spiro atoms. The number of ether oxygens (including phenoxy) is 5. The van der Waals surface area contributed by atoms with E-state index in [2.05, 4.69) is 244 Å². The molecule has 0 aliphatic carbocycles. The zero-order valence-electron chi connectivity index (χ0n) is 62.8. The lowest BCUT2D eigenvalue weighted by Crippen LogP contribution is -2.33. The molecule has 548 valence electrons. The van der Waals surface area contributed by atoms with Gasteiger partial charge in [-0.1, -0.05) is 186 Å². The number of imidazole rings is 2. The molecule has 0 radical (unpaired) electrons. The van der Waals surface area contributed by atoms with Gasteiger partial charge in [0.1, 0.15) is 35.5 Å². The third kappa shape index (κ3) is 19.3. The number of benzene rings is 9. The average Bonchev–Trinajstić information content (AvgIpc) is 1.78. The van der Waals surface area contributed by atoms with E-state index >= 15 is 0 Å². The van der Waals surface area contributed by atoms with Gasteiger partial charge < -0.3 is 52.8 Å². The first-order valence-electron chi connectivity index (χ1n) is 36.3. The van der Waals surface area contributed by atoms with Gasteiger partial charge in [-0.15, -0.1) is 0 Å². The lowest BCUT2D eigenvalue weighted by molar-refractivity contribution is -0.137. The Morgan fingerprint density at radius 1 is 0.371 bits per heavy atom. The van der Waals surface area contributed by atoms with Gasteiger partial charge in [0.25, 0.3) is 0 Å². The van der Waals surface area contributed by atoms with E-state index in [1.807, 2.05) is 84.3 Å². The molecule has 16 rings (SSSR count). The van der Waals surface area contributed by atoms with Crippen LogP contribution in [-0.2, 0) is 67.1 Å². The molecule has 0 unspecified atom stereocenters. The Labute approximate surface area is 618 Å². The van der Waals surface area contributed by atoms with Gasteiger partial charge in [0.05, 0.1) is 29.5 Å². The van der Waals surface area contributed by atoms with Crippen molar-refractivity contribution >= 4 is 34.0 Å². The number of nitrogens with zero attached hydrogens (tertiary/aromatic N) is 8. The minimum Gasteiger partial charge on any atom is -0.478 e. The molecule has 105 heavy (non-hydrogen) atoms. The Balaban J connectivity index is 0.000000124. The van der Waals surface area contributed by atoms with Crippen molar-refractivity contribution in [3.05, 3.63) is 281 Å². The van der Waals surface area contributed by atoms with Crippen LogP contribution in [0.4, 0.5) is 36.2 Å². The Morgan fingerprint density at radius 2 is 0.781 bits per heavy atom. The lowest BCUT2D eigenvalue weighted by Gasteiger charge is -2.32. The van der Waals surface area contributed by atoms with Crippen LogP contribution >= 0.6 is 0 Å². The van der Waals surface area contributed by atoms with Crippen molar-refractivity contribution in [1.29, 1.82) is 0 Å². The number of para-hydroxylation sites is 5. The van der Waals surface area contributed by atoms with Crippen molar-refractivity contribution in [2.75, 3.05) is 59.8 Å². The number of rotatable bonds is 8. The summed E-state index contributed by atoms with van der Waals surface area (Å²) in [6.07, 6.45) is 2.47. The number of aromatic nitrogens is 4. The van der Waals surface area contributed by atoms with Gasteiger partial charge in [-0.25, -0.2) is 9.97 Å². The number of H-pyrrole nitrogens is 1. The zero-order chi connectivity index (χ0) is 74.1. The van der Waals surface area contributed by atoms with E-state index in [4.69, 9.17) is 23.7 Å². The molecule has 0 fully saturated rings. The predicted molar refractivity (Wildman–Crippen MR) is 417 cm³/mol. The van der Waals surface area contributed by atoms with Crippen molar-refractivity contribution in [2.45, 2.75) is 157 Å². The zero-order valence-corrected chi connectivity index (χ0v) is 62.8. The van der Waals surface area contributed by atoms with Gasteiger partial charge in [-0.05, 0) is 153 Å². The monoisotopic (exact) mass is 1420 g/mol. The van der Waals surface area contributed by atoms with Crippen LogP contribution in [0.5, 0.6) is 28.7 Å². The van der Waals surface area contributed by atoms with E-state index in [0.717, 1.165) is 103 Å². The third-order valence-corrected chi connectivity index (χ3v) is 19.3. The molecule has 0 bridgehead atoms. The summed E-state index contributed by atoms with van der Waals surface area (Å²) in [6.45, 7) is 35.4. The van der Waals surface area contributed by atoms with E-state index in [1.165, 1.54) is 68.0 Å². The normalized spacial score (nSPS) is 14.8. The number of aryl methyl sites for hydroxylation is 1. The molecule has 0 saturated heterocycles. The summed E-state index contributed by atoms with van der Waals surface area (Å²) < 4.78 is 70.0. The number of alkyl halides is 3. The molecule has 9 aromatic carbocycles. The predicted octanol–water partition coefficient (Wildman–Crippen LogP) is 20.4. The van der Waals surface area contributed by atoms with Crippen molar-refractivity contribution in [3.8, 4) is 28.7 Å². The molecule has 7 heterocycles. The van der Waals surface area contributed by atoms with Crippen LogP contribution in [0, 0.1) is 0 Å². The summed E-state index contributed by atoms with van der Waals surface area (Å²) in [5.41, 5.74) is 16.1. The van der Waals surface area contributed by atoms with Crippen LogP contribution in [-0.4, -0.2) is 64.6 Å². The summed E-state index contributed by atoms with van der Waals surface area (Å²) in [5, 5.41) is 0. The molecule has 14 nitrogen and oxygen atoms in total. The number of hydrogen-bond donors (Lipinski definition) is 1. The van der Waals surface area contributed by atoms with Crippen molar-refractivity contribution in [1.82, 2.24) is 24.4 Å². The van der Waals surface area contributed by atoms with Crippen molar-refractivity contribution in [3.63, 3.8) is 0 Å². The molecule has 0 atom stereocenters. The first-order chi connectivity index (χ1) is 50.1. The maximum atomic E-state index is 12.9. The second-order valence-corrected chi connectivity index (χ2v) is 31.6. The number of fused-ring (bicyclic) bond motifs is 6. The minimum atomic E-state index is -4.34. The molecule has 2 aromatic heterocycles. The highest BCUT2D eigenvalue weighted by atomic mass is 19.4. The largest absolute Gasteiger partial charge is 0.478 e. The van der Waals surface area contributed by atoms with Crippen LogP contribution in [0.3, 0.4) is 0 Å². The summed E-state index contributed by atoms with van der Waals surface area (Å²) in [5.74, 6) is 5.70. The second kappa shape index (κ2) is 31.9. The number of hydrogen-bond acceptors (Lipinski definition) is 12. The number of anilines is 4. The molecule has 0 amide bonds. The Bertz CT molecular complexity index is 4640. The van der Waals surface area contributed by atoms with E-state index in [-0.39, 0.29) is 28.4 Å².